The molecule has 2 fully saturated rings. The maximum Gasteiger partial charge on any atom is 0.214 e. The molecule has 0 aromatic carbocycles. The van der Waals surface area contributed by atoms with Crippen molar-refractivity contribution in [1.82, 2.24) is 4.98 Å². The Morgan fingerprint density at radius 3 is 2.56 bits per heavy atom. The fraction of sp³-hybridized carbons (Fsp3) is 0.769. The van der Waals surface area contributed by atoms with Gasteiger partial charge in [-0.15, -0.1) is 0 Å². The predicted molar refractivity (Wildman–Crippen MR) is 62.0 cm³/mol. The van der Waals surface area contributed by atoms with Crippen LogP contribution in [0.15, 0.2) is 10.7 Å². The normalized spacial score (nSPS) is 25.3. The molecule has 0 amide bonds. The summed E-state index contributed by atoms with van der Waals surface area (Å²) in [5, 5.41) is 0. The minimum atomic E-state index is -0.278. The minimum Gasteiger partial charge on any atom is -0.447 e. The van der Waals surface area contributed by atoms with Gasteiger partial charge in [0.05, 0.1) is 11.2 Å². The molecule has 2 aliphatic rings. The van der Waals surface area contributed by atoms with Crippen molar-refractivity contribution < 1.29 is 4.42 Å². The van der Waals surface area contributed by atoms with Crippen LogP contribution in [0.5, 0.6) is 0 Å². The summed E-state index contributed by atoms with van der Waals surface area (Å²) in [6, 6.07) is 0. The van der Waals surface area contributed by atoms with Gasteiger partial charge in [0.2, 0.25) is 5.89 Å². The summed E-state index contributed by atoms with van der Waals surface area (Å²) in [5.41, 5.74) is 7.26. The van der Waals surface area contributed by atoms with Crippen LogP contribution in [0, 0.1) is 0 Å². The van der Waals surface area contributed by atoms with Crippen LogP contribution in [0.3, 0.4) is 0 Å². The number of nitrogens with two attached hydrogens (primary N) is 1. The highest BCUT2D eigenvalue weighted by Gasteiger charge is 2.35. The number of rotatable bonds is 2. The van der Waals surface area contributed by atoms with Crippen molar-refractivity contribution in [3.05, 3.63) is 17.8 Å². The molecule has 16 heavy (non-hydrogen) atoms. The van der Waals surface area contributed by atoms with Crippen LogP contribution in [0.2, 0.25) is 0 Å². The van der Waals surface area contributed by atoms with E-state index in [-0.39, 0.29) is 5.54 Å². The Bertz CT molecular complexity index is 362. The van der Waals surface area contributed by atoms with Gasteiger partial charge in [0.15, 0.2) is 0 Å². The van der Waals surface area contributed by atoms with Gasteiger partial charge in [-0.05, 0) is 25.7 Å². The zero-order chi connectivity index (χ0) is 11.0. The van der Waals surface area contributed by atoms with Crippen molar-refractivity contribution in [3.63, 3.8) is 0 Å². The third kappa shape index (κ3) is 1.67. The fourth-order valence-corrected chi connectivity index (χ4v) is 2.80. The topological polar surface area (TPSA) is 52.0 Å². The van der Waals surface area contributed by atoms with Gasteiger partial charge in [-0.25, -0.2) is 4.98 Å². The van der Waals surface area contributed by atoms with Gasteiger partial charge in [-0.1, -0.05) is 25.7 Å². The lowest BCUT2D eigenvalue weighted by molar-refractivity contribution is 0.242. The standard InChI is InChI=1S/C13H20N2O/c14-13(7-2-1-3-8-13)12-15-11(9-16-12)10-5-4-6-10/h9-10H,1-8,14H2. The lowest BCUT2D eigenvalue weighted by atomic mass is 9.82. The summed E-state index contributed by atoms with van der Waals surface area (Å²) in [6.45, 7) is 0. The van der Waals surface area contributed by atoms with Gasteiger partial charge in [0.1, 0.15) is 6.26 Å². The molecule has 88 valence electrons. The smallest absolute Gasteiger partial charge is 0.214 e. The molecule has 3 nitrogen and oxygen atoms in total. The molecule has 2 N–H and O–H groups in total. The van der Waals surface area contributed by atoms with Crippen molar-refractivity contribution in [2.75, 3.05) is 0 Å². The van der Waals surface area contributed by atoms with E-state index in [4.69, 9.17) is 10.2 Å². The highest BCUT2D eigenvalue weighted by Crippen LogP contribution is 2.39. The van der Waals surface area contributed by atoms with E-state index in [1.165, 1.54) is 38.5 Å². The molecule has 0 spiro atoms. The van der Waals surface area contributed by atoms with Crippen LogP contribution in [0.4, 0.5) is 0 Å². The average Bonchev–Trinajstić information content (AvgIpc) is 2.66. The Balaban J connectivity index is 1.79. The average molecular weight is 220 g/mol. The Morgan fingerprint density at radius 2 is 1.94 bits per heavy atom. The van der Waals surface area contributed by atoms with Gasteiger partial charge in [0, 0.05) is 5.92 Å². The molecule has 1 aromatic heterocycles. The minimum absolute atomic E-state index is 0.278. The highest BCUT2D eigenvalue weighted by atomic mass is 16.3. The van der Waals surface area contributed by atoms with Gasteiger partial charge in [0.25, 0.3) is 0 Å². The van der Waals surface area contributed by atoms with Gasteiger partial charge in [-0.3, -0.25) is 0 Å². The molecular weight excluding hydrogens is 200 g/mol. The molecule has 0 radical (unpaired) electrons. The largest absolute Gasteiger partial charge is 0.447 e. The summed E-state index contributed by atoms with van der Waals surface area (Å²) in [5.74, 6) is 1.43. The van der Waals surface area contributed by atoms with E-state index in [9.17, 15) is 0 Å². The predicted octanol–water partition coefficient (Wildman–Crippen LogP) is 3.06. The summed E-state index contributed by atoms with van der Waals surface area (Å²) < 4.78 is 5.63. The highest BCUT2D eigenvalue weighted by molar-refractivity contribution is 5.12. The summed E-state index contributed by atoms with van der Waals surface area (Å²) in [7, 11) is 0. The van der Waals surface area contributed by atoms with Gasteiger partial charge < -0.3 is 10.2 Å². The maximum atomic E-state index is 6.40. The first-order valence-electron chi connectivity index (χ1n) is 6.53. The van der Waals surface area contributed by atoms with Crippen molar-refractivity contribution in [1.29, 1.82) is 0 Å². The summed E-state index contributed by atoms with van der Waals surface area (Å²) in [6.07, 6.45) is 11.5. The number of nitrogens with zero attached hydrogens (tertiary/aromatic N) is 1. The number of oxazole rings is 1. The molecule has 0 atom stereocenters. The van der Waals surface area contributed by atoms with Crippen molar-refractivity contribution in [2.45, 2.75) is 62.8 Å². The summed E-state index contributed by atoms with van der Waals surface area (Å²) >= 11 is 0. The molecule has 2 aliphatic carbocycles. The molecule has 1 aromatic rings. The SMILES string of the molecule is NC1(c2nc(C3CCC3)co2)CCCCC1. The molecular formula is C13H20N2O. The number of hydrogen-bond donors (Lipinski definition) is 1. The fourth-order valence-electron chi connectivity index (χ4n) is 2.80. The van der Waals surface area contributed by atoms with Crippen LogP contribution in [-0.2, 0) is 5.54 Å². The lowest BCUT2D eigenvalue weighted by Crippen LogP contribution is -2.39. The molecule has 3 heteroatoms. The van der Waals surface area contributed by atoms with Crippen LogP contribution in [0.25, 0.3) is 0 Å². The zero-order valence-corrected chi connectivity index (χ0v) is 9.74. The van der Waals surface area contributed by atoms with Crippen LogP contribution in [0.1, 0.15) is 68.9 Å². The van der Waals surface area contributed by atoms with Crippen molar-refractivity contribution in [2.24, 2.45) is 5.73 Å². The molecule has 0 saturated heterocycles. The van der Waals surface area contributed by atoms with E-state index in [2.05, 4.69) is 4.98 Å². The van der Waals surface area contributed by atoms with E-state index >= 15 is 0 Å². The van der Waals surface area contributed by atoms with E-state index in [1.807, 2.05) is 6.26 Å². The Hall–Kier alpha value is -0.830. The van der Waals surface area contributed by atoms with E-state index in [0.29, 0.717) is 5.92 Å². The van der Waals surface area contributed by atoms with Crippen LogP contribution >= 0.6 is 0 Å². The monoisotopic (exact) mass is 220 g/mol. The first kappa shape index (κ1) is 10.3. The third-order valence-corrected chi connectivity index (χ3v) is 4.22. The molecule has 2 saturated carbocycles. The molecule has 0 bridgehead atoms. The number of aromatic nitrogens is 1. The lowest BCUT2D eigenvalue weighted by Gasteiger charge is -2.30. The third-order valence-electron chi connectivity index (χ3n) is 4.22. The first-order chi connectivity index (χ1) is 7.78. The second kappa shape index (κ2) is 3.88. The molecule has 0 aliphatic heterocycles. The van der Waals surface area contributed by atoms with Crippen molar-refractivity contribution in [3.8, 4) is 0 Å². The molecule has 1 heterocycles. The first-order valence-corrected chi connectivity index (χ1v) is 6.53. The Labute approximate surface area is 96.4 Å². The van der Waals surface area contributed by atoms with E-state index in [1.54, 1.807) is 0 Å². The van der Waals surface area contributed by atoms with Crippen molar-refractivity contribution >= 4 is 0 Å². The second-order valence-electron chi connectivity index (χ2n) is 5.42. The van der Waals surface area contributed by atoms with E-state index in [0.717, 1.165) is 24.4 Å². The van der Waals surface area contributed by atoms with Crippen LogP contribution in [-0.4, -0.2) is 4.98 Å². The van der Waals surface area contributed by atoms with Gasteiger partial charge >= 0.3 is 0 Å². The maximum absolute atomic E-state index is 6.40. The molecule has 0 unspecified atom stereocenters. The summed E-state index contributed by atoms with van der Waals surface area (Å²) in [4.78, 5) is 4.64. The molecule has 3 rings (SSSR count). The zero-order valence-electron chi connectivity index (χ0n) is 9.74. The Kier molecular flexibility index (Phi) is 2.51. The van der Waals surface area contributed by atoms with Crippen LogP contribution < -0.4 is 5.73 Å². The second-order valence-corrected chi connectivity index (χ2v) is 5.42. The van der Waals surface area contributed by atoms with E-state index < -0.39 is 0 Å². The quantitative estimate of drug-likeness (QED) is 0.833. The number of hydrogen-bond acceptors (Lipinski definition) is 3. The Morgan fingerprint density at radius 1 is 1.19 bits per heavy atom. The van der Waals surface area contributed by atoms with Gasteiger partial charge in [-0.2, -0.15) is 0 Å².